The molecule has 0 atom stereocenters. The Morgan fingerprint density at radius 1 is 1.30 bits per heavy atom. The van der Waals surface area contributed by atoms with Gasteiger partial charge in [-0.2, -0.15) is 0 Å². The van der Waals surface area contributed by atoms with Gasteiger partial charge in [0.15, 0.2) is 0 Å². The van der Waals surface area contributed by atoms with Crippen molar-refractivity contribution >= 4 is 17.2 Å². The Bertz CT molecular complexity index is 549. The summed E-state index contributed by atoms with van der Waals surface area (Å²) >= 11 is 1.66. The summed E-state index contributed by atoms with van der Waals surface area (Å²) in [5, 5.41) is 6.07. The van der Waals surface area contributed by atoms with Crippen LogP contribution < -0.4 is 5.32 Å². The average molecular weight is 288 g/mol. The Labute approximate surface area is 124 Å². The molecule has 0 spiro atoms. The van der Waals surface area contributed by atoms with Gasteiger partial charge in [0.1, 0.15) is 0 Å². The Morgan fingerprint density at radius 3 is 2.70 bits per heavy atom. The van der Waals surface area contributed by atoms with Crippen LogP contribution in [-0.2, 0) is 17.8 Å². The number of amides is 1. The van der Waals surface area contributed by atoms with Crippen LogP contribution >= 0.6 is 11.3 Å². The number of rotatable bonds is 6. The summed E-state index contributed by atoms with van der Waals surface area (Å²) in [6.45, 7) is 4.78. The lowest BCUT2D eigenvalue weighted by Gasteiger charge is -2.04. The number of thiazole rings is 1. The van der Waals surface area contributed by atoms with E-state index in [0.717, 1.165) is 17.1 Å². The molecule has 1 amide bonds. The van der Waals surface area contributed by atoms with Crippen LogP contribution in [-0.4, -0.2) is 10.9 Å². The second kappa shape index (κ2) is 7.20. The van der Waals surface area contributed by atoms with E-state index in [1.54, 1.807) is 11.3 Å². The van der Waals surface area contributed by atoms with E-state index in [1.165, 1.54) is 5.56 Å². The molecule has 4 heteroatoms. The lowest BCUT2D eigenvalue weighted by molar-refractivity contribution is -0.121. The second-order valence-corrected chi connectivity index (χ2v) is 5.98. The quantitative estimate of drug-likeness (QED) is 0.883. The molecule has 0 radical (unpaired) electrons. The van der Waals surface area contributed by atoms with Crippen LogP contribution in [0.2, 0.25) is 0 Å². The third kappa shape index (κ3) is 4.46. The monoisotopic (exact) mass is 288 g/mol. The summed E-state index contributed by atoms with van der Waals surface area (Å²) in [5.74, 6) is 0.524. The largest absolute Gasteiger partial charge is 0.350 e. The number of aromatic nitrogens is 1. The maximum Gasteiger partial charge on any atom is 0.220 e. The first-order valence-electron chi connectivity index (χ1n) is 6.90. The first-order chi connectivity index (χ1) is 9.65. The van der Waals surface area contributed by atoms with Gasteiger partial charge in [-0.3, -0.25) is 4.79 Å². The number of hydrogen-bond acceptors (Lipinski definition) is 3. The molecule has 0 unspecified atom stereocenters. The van der Waals surface area contributed by atoms with E-state index >= 15 is 0 Å². The highest BCUT2D eigenvalue weighted by Crippen LogP contribution is 2.18. The lowest BCUT2D eigenvalue weighted by atomic mass is 10.1. The zero-order valence-electron chi connectivity index (χ0n) is 11.9. The van der Waals surface area contributed by atoms with E-state index in [2.05, 4.69) is 24.1 Å². The van der Waals surface area contributed by atoms with Crippen molar-refractivity contribution < 1.29 is 4.79 Å². The molecule has 106 valence electrons. The number of nitrogens with one attached hydrogen (secondary N) is 1. The van der Waals surface area contributed by atoms with E-state index in [1.807, 2.05) is 35.7 Å². The summed E-state index contributed by atoms with van der Waals surface area (Å²) < 4.78 is 0. The second-order valence-electron chi connectivity index (χ2n) is 5.09. The summed E-state index contributed by atoms with van der Waals surface area (Å²) in [7, 11) is 0. The fourth-order valence-electron chi connectivity index (χ4n) is 1.85. The highest BCUT2D eigenvalue weighted by atomic mass is 32.1. The molecule has 2 aromatic rings. The molecule has 1 N–H and O–H groups in total. The lowest BCUT2D eigenvalue weighted by Crippen LogP contribution is -2.23. The molecule has 0 fully saturated rings. The molecular formula is C16H20N2OS. The minimum absolute atomic E-state index is 0.0768. The fourth-order valence-corrected chi connectivity index (χ4v) is 2.68. The number of carbonyl (C=O) groups is 1. The van der Waals surface area contributed by atoms with E-state index in [9.17, 15) is 4.79 Å². The first-order valence-corrected chi connectivity index (χ1v) is 7.78. The summed E-state index contributed by atoms with van der Waals surface area (Å²) in [5.41, 5.74) is 2.14. The van der Waals surface area contributed by atoms with Crippen LogP contribution in [0.1, 0.15) is 42.5 Å². The van der Waals surface area contributed by atoms with Gasteiger partial charge >= 0.3 is 0 Å². The van der Waals surface area contributed by atoms with Gasteiger partial charge < -0.3 is 5.32 Å². The van der Waals surface area contributed by atoms with Gasteiger partial charge in [-0.25, -0.2) is 4.98 Å². The maximum absolute atomic E-state index is 11.8. The minimum atomic E-state index is 0.0768. The Balaban J connectivity index is 1.74. The van der Waals surface area contributed by atoms with Gasteiger partial charge in [0, 0.05) is 17.7 Å². The summed E-state index contributed by atoms with van der Waals surface area (Å²) in [6, 6.07) is 10.1. The van der Waals surface area contributed by atoms with Crippen molar-refractivity contribution in [1.29, 1.82) is 0 Å². The molecule has 2 rings (SSSR count). The summed E-state index contributed by atoms with van der Waals surface area (Å²) in [4.78, 5) is 16.3. The van der Waals surface area contributed by atoms with E-state index < -0.39 is 0 Å². The normalized spacial score (nSPS) is 10.8. The maximum atomic E-state index is 11.8. The molecule has 1 aromatic heterocycles. The number of aryl methyl sites for hydroxylation is 1. The number of carbonyl (C=O) groups excluding carboxylic acids is 1. The molecule has 0 saturated heterocycles. The van der Waals surface area contributed by atoms with Crippen molar-refractivity contribution in [2.45, 2.75) is 39.2 Å². The molecule has 1 aromatic carbocycles. The average Bonchev–Trinajstić information content (AvgIpc) is 2.93. The summed E-state index contributed by atoms with van der Waals surface area (Å²) in [6.07, 6.45) is 1.30. The van der Waals surface area contributed by atoms with E-state index in [4.69, 9.17) is 0 Å². The SMILES string of the molecule is CC(C)c1nc(CNC(=O)CCc2ccccc2)cs1. The van der Waals surface area contributed by atoms with E-state index in [-0.39, 0.29) is 5.91 Å². The molecule has 0 aliphatic rings. The minimum Gasteiger partial charge on any atom is -0.350 e. The van der Waals surface area contributed by atoms with E-state index in [0.29, 0.717) is 18.9 Å². The molecule has 3 nitrogen and oxygen atoms in total. The van der Waals surface area contributed by atoms with Gasteiger partial charge in [0.2, 0.25) is 5.91 Å². The predicted octanol–water partition coefficient (Wildman–Crippen LogP) is 3.52. The molecule has 20 heavy (non-hydrogen) atoms. The standard InChI is InChI=1S/C16H20N2OS/c1-12(2)16-18-14(11-20-16)10-17-15(19)9-8-13-6-4-3-5-7-13/h3-7,11-12H,8-10H2,1-2H3,(H,17,19). The zero-order valence-corrected chi connectivity index (χ0v) is 12.7. The predicted molar refractivity (Wildman–Crippen MR) is 82.8 cm³/mol. The zero-order chi connectivity index (χ0) is 14.4. The number of nitrogens with zero attached hydrogens (tertiary/aromatic N) is 1. The van der Waals surface area contributed by atoms with Gasteiger partial charge in [-0.05, 0) is 12.0 Å². The van der Waals surface area contributed by atoms with Crippen LogP contribution in [0.4, 0.5) is 0 Å². The van der Waals surface area contributed by atoms with Gasteiger partial charge in [-0.15, -0.1) is 11.3 Å². The van der Waals surface area contributed by atoms with Crippen LogP contribution in [0.5, 0.6) is 0 Å². The van der Waals surface area contributed by atoms with Crippen molar-refractivity contribution in [3.63, 3.8) is 0 Å². The van der Waals surface area contributed by atoms with Gasteiger partial charge in [-0.1, -0.05) is 44.2 Å². The Morgan fingerprint density at radius 2 is 2.05 bits per heavy atom. The topological polar surface area (TPSA) is 42.0 Å². The van der Waals surface area contributed by atoms with Crippen LogP contribution in [0.3, 0.4) is 0 Å². The Kier molecular flexibility index (Phi) is 5.30. The van der Waals surface area contributed by atoms with Crippen molar-refractivity contribution in [2.75, 3.05) is 0 Å². The van der Waals surface area contributed by atoms with Crippen molar-refractivity contribution in [1.82, 2.24) is 10.3 Å². The fraction of sp³-hybridized carbons (Fsp3) is 0.375. The molecule has 1 heterocycles. The smallest absolute Gasteiger partial charge is 0.220 e. The Hall–Kier alpha value is -1.68. The van der Waals surface area contributed by atoms with Crippen molar-refractivity contribution in [2.24, 2.45) is 0 Å². The first kappa shape index (κ1) is 14.7. The number of hydrogen-bond donors (Lipinski definition) is 1. The van der Waals surface area contributed by atoms with Gasteiger partial charge in [0.25, 0.3) is 0 Å². The van der Waals surface area contributed by atoms with Gasteiger partial charge in [0.05, 0.1) is 17.2 Å². The van der Waals surface area contributed by atoms with Crippen LogP contribution in [0, 0.1) is 0 Å². The molecule has 0 bridgehead atoms. The molecule has 0 aliphatic carbocycles. The van der Waals surface area contributed by atoms with Crippen molar-refractivity contribution in [3.05, 3.63) is 52.0 Å². The van der Waals surface area contributed by atoms with Crippen LogP contribution in [0.25, 0.3) is 0 Å². The van der Waals surface area contributed by atoms with Crippen LogP contribution in [0.15, 0.2) is 35.7 Å². The van der Waals surface area contributed by atoms with Crippen molar-refractivity contribution in [3.8, 4) is 0 Å². The third-order valence-corrected chi connectivity index (χ3v) is 4.21. The molecule has 0 saturated carbocycles. The molecule has 0 aliphatic heterocycles. The number of benzene rings is 1. The highest BCUT2D eigenvalue weighted by Gasteiger charge is 2.07. The molecular weight excluding hydrogens is 268 g/mol. The third-order valence-electron chi connectivity index (χ3n) is 3.01. The highest BCUT2D eigenvalue weighted by molar-refractivity contribution is 7.09.